The van der Waals surface area contributed by atoms with Crippen molar-refractivity contribution in [3.63, 3.8) is 0 Å². The molecule has 0 aromatic carbocycles. The fourth-order valence-electron chi connectivity index (χ4n) is 2.31. The molecule has 0 radical (unpaired) electrons. The smallest absolute Gasteiger partial charge is 0.155 e. The molecule has 0 atom stereocenters. The van der Waals surface area contributed by atoms with Crippen LogP contribution < -0.4 is 0 Å². The predicted molar refractivity (Wildman–Crippen MR) is 64.7 cm³/mol. The number of fused-ring (bicyclic) bond motifs is 1. The van der Waals surface area contributed by atoms with Gasteiger partial charge in [-0.1, -0.05) is 11.6 Å². The van der Waals surface area contributed by atoms with Crippen LogP contribution in [0.25, 0.3) is 5.65 Å². The summed E-state index contributed by atoms with van der Waals surface area (Å²) < 4.78 is 2.08. The van der Waals surface area contributed by atoms with Gasteiger partial charge in [0.25, 0.3) is 0 Å². The van der Waals surface area contributed by atoms with Crippen LogP contribution in [-0.2, 0) is 6.54 Å². The van der Waals surface area contributed by atoms with Gasteiger partial charge in [-0.2, -0.15) is 0 Å². The largest absolute Gasteiger partial charge is 0.302 e. The zero-order chi connectivity index (χ0) is 11.0. The molecule has 0 N–H and O–H groups in total. The third-order valence-corrected chi connectivity index (χ3v) is 3.44. The summed E-state index contributed by atoms with van der Waals surface area (Å²) in [5.41, 5.74) is 2.08. The van der Waals surface area contributed by atoms with E-state index in [1.54, 1.807) is 0 Å². The Labute approximate surface area is 99.7 Å². The third kappa shape index (κ3) is 1.70. The molecule has 3 rings (SSSR count). The second-order valence-electron chi connectivity index (χ2n) is 4.28. The van der Waals surface area contributed by atoms with Gasteiger partial charge in [0.05, 0.1) is 16.9 Å². The van der Waals surface area contributed by atoms with E-state index >= 15 is 0 Å². The lowest BCUT2D eigenvalue weighted by atomic mass is 10.4. The molecule has 0 aliphatic carbocycles. The van der Waals surface area contributed by atoms with E-state index in [4.69, 9.17) is 11.6 Å². The van der Waals surface area contributed by atoms with Crippen LogP contribution in [0.5, 0.6) is 0 Å². The van der Waals surface area contributed by atoms with Crippen molar-refractivity contribution < 1.29 is 0 Å². The average molecular weight is 236 g/mol. The predicted octanol–water partition coefficient (Wildman–Crippen LogP) is 2.58. The number of halogens is 1. The Morgan fingerprint density at radius 2 is 2.12 bits per heavy atom. The molecule has 0 unspecified atom stereocenters. The molecule has 1 saturated heterocycles. The van der Waals surface area contributed by atoms with Gasteiger partial charge >= 0.3 is 0 Å². The van der Waals surface area contributed by atoms with Crippen molar-refractivity contribution >= 4 is 17.2 Å². The molecular formula is C12H14ClN3. The van der Waals surface area contributed by atoms with Crippen molar-refractivity contribution in [3.05, 3.63) is 35.2 Å². The minimum atomic E-state index is 0.718. The quantitative estimate of drug-likeness (QED) is 0.798. The molecular weight excluding hydrogens is 222 g/mol. The highest BCUT2D eigenvalue weighted by Gasteiger charge is 2.14. The van der Waals surface area contributed by atoms with E-state index in [2.05, 4.69) is 14.3 Å². The standard InChI is InChI=1S/C12H14ClN3/c13-11-4-3-7-16-10(8-14-12(11)16)9-15-5-1-2-6-15/h3-4,7-8H,1-2,5-6,9H2. The molecule has 84 valence electrons. The van der Waals surface area contributed by atoms with Gasteiger partial charge in [-0.15, -0.1) is 0 Å². The van der Waals surface area contributed by atoms with E-state index < -0.39 is 0 Å². The maximum absolute atomic E-state index is 6.09. The Kier molecular flexibility index (Phi) is 2.58. The number of pyridine rings is 1. The molecule has 1 aliphatic rings. The number of imidazole rings is 1. The molecule has 0 saturated carbocycles. The first kappa shape index (κ1) is 10.1. The maximum atomic E-state index is 6.09. The van der Waals surface area contributed by atoms with Gasteiger partial charge in [-0.05, 0) is 38.1 Å². The van der Waals surface area contributed by atoms with Crippen LogP contribution in [0.4, 0.5) is 0 Å². The number of rotatable bonds is 2. The van der Waals surface area contributed by atoms with Gasteiger partial charge in [-0.25, -0.2) is 4.98 Å². The van der Waals surface area contributed by atoms with Crippen LogP contribution in [0.2, 0.25) is 5.02 Å². The van der Waals surface area contributed by atoms with Crippen LogP contribution in [0.1, 0.15) is 18.5 Å². The van der Waals surface area contributed by atoms with Gasteiger partial charge in [0.2, 0.25) is 0 Å². The molecule has 3 heterocycles. The van der Waals surface area contributed by atoms with E-state index in [0.717, 1.165) is 17.2 Å². The number of nitrogens with zero attached hydrogens (tertiary/aromatic N) is 3. The second-order valence-corrected chi connectivity index (χ2v) is 4.69. The van der Waals surface area contributed by atoms with Crippen LogP contribution in [0, 0.1) is 0 Å². The minimum Gasteiger partial charge on any atom is -0.302 e. The molecule has 0 amide bonds. The SMILES string of the molecule is Clc1cccn2c(CN3CCCC3)cnc12. The van der Waals surface area contributed by atoms with Crippen molar-refractivity contribution in [3.8, 4) is 0 Å². The highest BCUT2D eigenvalue weighted by molar-refractivity contribution is 6.33. The highest BCUT2D eigenvalue weighted by atomic mass is 35.5. The third-order valence-electron chi connectivity index (χ3n) is 3.15. The summed E-state index contributed by atoms with van der Waals surface area (Å²) in [6.45, 7) is 3.38. The Hall–Kier alpha value is -1.06. The van der Waals surface area contributed by atoms with Gasteiger partial charge in [-0.3, -0.25) is 4.90 Å². The summed E-state index contributed by atoms with van der Waals surface area (Å²) in [4.78, 5) is 6.83. The van der Waals surface area contributed by atoms with Crippen molar-refractivity contribution in [2.45, 2.75) is 19.4 Å². The number of hydrogen-bond donors (Lipinski definition) is 0. The van der Waals surface area contributed by atoms with Crippen LogP contribution in [0.3, 0.4) is 0 Å². The van der Waals surface area contributed by atoms with E-state index in [0.29, 0.717) is 0 Å². The molecule has 2 aromatic heterocycles. The van der Waals surface area contributed by atoms with Gasteiger partial charge in [0.1, 0.15) is 0 Å². The fraction of sp³-hybridized carbons (Fsp3) is 0.417. The molecule has 16 heavy (non-hydrogen) atoms. The average Bonchev–Trinajstić information content (AvgIpc) is 2.90. The lowest BCUT2D eigenvalue weighted by molar-refractivity contribution is 0.326. The lowest BCUT2D eigenvalue weighted by Crippen LogP contribution is -2.19. The zero-order valence-electron chi connectivity index (χ0n) is 9.06. The topological polar surface area (TPSA) is 20.5 Å². The minimum absolute atomic E-state index is 0.718. The molecule has 4 heteroatoms. The summed E-state index contributed by atoms with van der Waals surface area (Å²) in [5.74, 6) is 0. The zero-order valence-corrected chi connectivity index (χ0v) is 9.82. The Morgan fingerprint density at radius 1 is 1.31 bits per heavy atom. The molecule has 0 spiro atoms. The van der Waals surface area contributed by atoms with E-state index in [1.807, 2.05) is 24.5 Å². The molecule has 3 nitrogen and oxygen atoms in total. The summed E-state index contributed by atoms with van der Waals surface area (Å²) >= 11 is 6.09. The second kappa shape index (κ2) is 4.07. The van der Waals surface area contributed by atoms with Gasteiger partial charge in [0, 0.05) is 12.7 Å². The first-order valence-corrected chi connectivity index (χ1v) is 6.05. The summed E-state index contributed by atoms with van der Waals surface area (Å²) in [6, 6.07) is 3.84. The molecule has 1 fully saturated rings. The summed E-state index contributed by atoms with van der Waals surface area (Å²) in [5, 5.41) is 0.718. The summed E-state index contributed by atoms with van der Waals surface area (Å²) in [7, 11) is 0. The van der Waals surface area contributed by atoms with Gasteiger partial charge in [0.15, 0.2) is 5.65 Å². The fourth-order valence-corrected chi connectivity index (χ4v) is 2.53. The van der Waals surface area contributed by atoms with Crippen molar-refractivity contribution in [1.29, 1.82) is 0 Å². The molecule has 0 bridgehead atoms. The first-order chi connectivity index (χ1) is 7.84. The maximum Gasteiger partial charge on any atom is 0.155 e. The van der Waals surface area contributed by atoms with Crippen molar-refractivity contribution in [2.75, 3.05) is 13.1 Å². The van der Waals surface area contributed by atoms with E-state index in [9.17, 15) is 0 Å². The van der Waals surface area contributed by atoms with Crippen molar-refractivity contribution in [2.24, 2.45) is 0 Å². The highest BCUT2D eigenvalue weighted by Crippen LogP contribution is 2.19. The molecule has 2 aromatic rings. The Morgan fingerprint density at radius 3 is 2.94 bits per heavy atom. The molecule has 1 aliphatic heterocycles. The number of aromatic nitrogens is 2. The first-order valence-electron chi connectivity index (χ1n) is 5.67. The van der Waals surface area contributed by atoms with Crippen LogP contribution in [-0.4, -0.2) is 27.4 Å². The van der Waals surface area contributed by atoms with Crippen molar-refractivity contribution in [1.82, 2.24) is 14.3 Å². The van der Waals surface area contributed by atoms with Gasteiger partial charge < -0.3 is 4.40 Å². The monoisotopic (exact) mass is 235 g/mol. The lowest BCUT2D eigenvalue weighted by Gasteiger charge is -2.13. The van der Waals surface area contributed by atoms with Crippen LogP contribution >= 0.6 is 11.6 Å². The Bertz CT molecular complexity index is 500. The van der Waals surface area contributed by atoms with E-state index in [-0.39, 0.29) is 0 Å². The number of likely N-dealkylation sites (tertiary alicyclic amines) is 1. The Balaban J connectivity index is 1.94. The summed E-state index contributed by atoms with van der Waals surface area (Å²) in [6.07, 6.45) is 6.59. The van der Waals surface area contributed by atoms with Crippen LogP contribution in [0.15, 0.2) is 24.5 Å². The number of hydrogen-bond acceptors (Lipinski definition) is 2. The normalized spacial score (nSPS) is 17.3. The van der Waals surface area contributed by atoms with E-state index in [1.165, 1.54) is 31.6 Å².